The van der Waals surface area contributed by atoms with Crippen molar-refractivity contribution in [2.75, 3.05) is 13.7 Å². The first-order valence-electron chi connectivity index (χ1n) is 8.94. The van der Waals surface area contributed by atoms with E-state index in [1.807, 2.05) is 12.2 Å². The first-order valence-corrected chi connectivity index (χ1v) is 8.94. The molecule has 4 heterocycles. The molecule has 1 amide bonds. The molecule has 2 aromatic rings. The number of ether oxygens (including phenoxy) is 2. The van der Waals surface area contributed by atoms with Crippen LogP contribution in [0.3, 0.4) is 0 Å². The van der Waals surface area contributed by atoms with Crippen molar-refractivity contribution in [3.05, 3.63) is 29.5 Å². The fourth-order valence-electron chi connectivity index (χ4n) is 3.90. The predicted octanol–water partition coefficient (Wildman–Crippen LogP) is 2.27. The van der Waals surface area contributed by atoms with Crippen molar-refractivity contribution >= 4 is 23.2 Å². The molecule has 144 valence electrons. The number of hydrogen-bond acceptors (Lipinski definition) is 7. The van der Waals surface area contributed by atoms with E-state index in [1.54, 1.807) is 12.1 Å². The molecular formula is C19H19N5O4. The number of carbonyl (C=O) groups is 1. The Morgan fingerprint density at radius 3 is 2.75 bits per heavy atom. The van der Waals surface area contributed by atoms with Gasteiger partial charge in [0.2, 0.25) is 5.88 Å². The smallest absolute Gasteiger partial charge is 0.405 e. The van der Waals surface area contributed by atoms with Gasteiger partial charge in [0.25, 0.3) is 0 Å². The quantitative estimate of drug-likeness (QED) is 0.825. The van der Waals surface area contributed by atoms with Gasteiger partial charge in [-0.05, 0) is 31.7 Å². The summed E-state index contributed by atoms with van der Waals surface area (Å²) in [5, 5.41) is 29.1. The number of aromatic nitrogens is 3. The van der Waals surface area contributed by atoms with Crippen LogP contribution in [-0.4, -0.2) is 51.2 Å². The van der Waals surface area contributed by atoms with Gasteiger partial charge in [0.1, 0.15) is 17.1 Å². The van der Waals surface area contributed by atoms with Crippen molar-refractivity contribution in [2.45, 2.75) is 36.8 Å². The molecular weight excluding hydrogens is 362 g/mol. The summed E-state index contributed by atoms with van der Waals surface area (Å²) < 4.78 is 11.2. The van der Waals surface area contributed by atoms with Crippen LogP contribution in [0, 0.1) is 11.3 Å². The van der Waals surface area contributed by atoms with Crippen LogP contribution in [0.15, 0.2) is 18.2 Å². The van der Waals surface area contributed by atoms with Gasteiger partial charge in [-0.25, -0.2) is 9.78 Å². The summed E-state index contributed by atoms with van der Waals surface area (Å²) >= 11 is 0. The number of fused-ring (bicyclic) bond motifs is 4. The zero-order valence-electron chi connectivity index (χ0n) is 15.3. The molecule has 9 nitrogen and oxygen atoms in total. The second-order valence-electron chi connectivity index (χ2n) is 7.19. The second-order valence-corrected chi connectivity index (χ2v) is 7.19. The largest absolute Gasteiger partial charge is 0.481 e. The Morgan fingerprint density at radius 1 is 1.36 bits per heavy atom. The lowest BCUT2D eigenvalue weighted by Crippen LogP contribution is -2.62. The Balaban J connectivity index is 1.66. The van der Waals surface area contributed by atoms with Gasteiger partial charge in [-0.3, -0.25) is 0 Å². The monoisotopic (exact) mass is 381 g/mol. The topological polar surface area (TPSA) is 130 Å². The SMILES string of the molecule is COc1ccc2nnc(C#N)c(/C=C/C34CCC(NC(=O)O)(CC3)CO4)c2n1. The normalized spacial score (nSPS) is 26.3. The van der Waals surface area contributed by atoms with E-state index >= 15 is 0 Å². The number of carboxylic acid groups (broad SMARTS) is 1. The van der Waals surface area contributed by atoms with Crippen LogP contribution in [0.4, 0.5) is 4.79 Å². The Kier molecular flexibility index (Phi) is 4.35. The summed E-state index contributed by atoms with van der Waals surface area (Å²) in [5.41, 5.74) is 0.856. The van der Waals surface area contributed by atoms with Crippen LogP contribution in [0.5, 0.6) is 5.88 Å². The minimum Gasteiger partial charge on any atom is -0.481 e. The van der Waals surface area contributed by atoms with E-state index in [4.69, 9.17) is 14.6 Å². The Bertz CT molecular complexity index is 989. The number of amides is 1. The molecule has 2 bridgehead atoms. The summed E-state index contributed by atoms with van der Waals surface area (Å²) in [7, 11) is 1.53. The molecule has 0 spiro atoms. The molecule has 2 N–H and O–H groups in total. The molecule has 2 aromatic heterocycles. The van der Waals surface area contributed by atoms with Crippen molar-refractivity contribution in [3.63, 3.8) is 0 Å². The van der Waals surface area contributed by atoms with Crippen LogP contribution in [-0.2, 0) is 4.74 Å². The van der Waals surface area contributed by atoms with Crippen molar-refractivity contribution in [2.24, 2.45) is 0 Å². The molecule has 3 fully saturated rings. The maximum Gasteiger partial charge on any atom is 0.405 e. The molecule has 5 rings (SSSR count). The van der Waals surface area contributed by atoms with E-state index in [-0.39, 0.29) is 5.69 Å². The molecule has 0 unspecified atom stereocenters. The molecule has 1 saturated carbocycles. The fourth-order valence-corrected chi connectivity index (χ4v) is 3.90. The summed E-state index contributed by atoms with van der Waals surface area (Å²) in [6.07, 6.45) is 5.52. The van der Waals surface area contributed by atoms with Gasteiger partial charge in [0.05, 0.1) is 24.9 Å². The standard InChI is InChI=1S/C19H19N5O4/c1-27-15-3-2-13-16(21-15)12(14(10-20)24-23-13)4-5-19-8-6-18(7-9-19,11-28-19)22-17(25)26/h2-5,22H,6-9,11H2,1H3,(H,25,26)/b5-4+. The average molecular weight is 381 g/mol. The van der Waals surface area contributed by atoms with Gasteiger partial charge in [0.15, 0.2) is 5.69 Å². The van der Waals surface area contributed by atoms with Crippen molar-refractivity contribution in [3.8, 4) is 11.9 Å². The third-order valence-corrected chi connectivity index (χ3v) is 5.55. The van der Waals surface area contributed by atoms with Gasteiger partial charge in [-0.15, -0.1) is 10.2 Å². The minimum absolute atomic E-state index is 0.175. The van der Waals surface area contributed by atoms with Crippen molar-refractivity contribution in [1.82, 2.24) is 20.5 Å². The number of hydrogen-bond donors (Lipinski definition) is 2. The summed E-state index contributed by atoms with van der Waals surface area (Å²) in [5.74, 6) is 0.424. The summed E-state index contributed by atoms with van der Waals surface area (Å²) in [6.45, 7) is 0.330. The predicted molar refractivity (Wildman–Crippen MR) is 98.7 cm³/mol. The van der Waals surface area contributed by atoms with E-state index in [0.717, 1.165) is 0 Å². The van der Waals surface area contributed by atoms with Crippen LogP contribution in [0.2, 0.25) is 0 Å². The first kappa shape index (κ1) is 18.1. The van der Waals surface area contributed by atoms with Gasteiger partial charge < -0.3 is 19.9 Å². The molecule has 2 aliphatic heterocycles. The third-order valence-electron chi connectivity index (χ3n) is 5.55. The van der Waals surface area contributed by atoms with Crippen molar-refractivity contribution in [1.29, 1.82) is 5.26 Å². The van der Waals surface area contributed by atoms with E-state index in [0.29, 0.717) is 54.8 Å². The van der Waals surface area contributed by atoms with Crippen molar-refractivity contribution < 1.29 is 19.4 Å². The van der Waals surface area contributed by atoms with Crippen LogP contribution in [0.1, 0.15) is 36.9 Å². The summed E-state index contributed by atoms with van der Waals surface area (Å²) in [4.78, 5) is 15.5. The fraction of sp³-hybridized carbons (Fsp3) is 0.421. The van der Waals surface area contributed by atoms with Gasteiger partial charge >= 0.3 is 6.09 Å². The Morgan fingerprint density at radius 2 is 2.14 bits per heavy atom. The summed E-state index contributed by atoms with van der Waals surface area (Å²) in [6, 6.07) is 5.49. The van der Waals surface area contributed by atoms with Crippen LogP contribution in [0.25, 0.3) is 17.1 Å². The number of nitrogens with one attached hydrogen (secondary N) is 1. The molecule has 9 heteroatoms. The number of methoxy groups -OCH3 is 1. The Labute approximate surface area is 161 Å². The maximum absolute atomic E-state index is 11.0. The highest BCUT2D eigenvalue weighted by Crippen LogP contribution is 2.44. The van der Waals surface area contributed by atoms with Crippen LogP contribution < -0.4 is 10.1 Å². The Hall–Kier alpha value is -3.25. The highest BCUT2D eigenvalue weighted by molar-refractivity contribution is 5.86. The molecule has 1 aliphatic carbocycles. The number of nitriles is 1. The molecule has 0 atom stereocenters. The number of nitrogens with zero attached hydrogens (tertiary/aromatic N) is 4. The number of rotatable bonds is 4. The first-order chi connectivity index (χ1) is 13.5. The maximum atomic E-state index is 11.0. The van der Waals surface area contributed by atoms with Crippen LogP contribution >= 0.6 is 0 Å². The third kappa shape index (κ3) is 3.12. The minimum atomic E-state index is -1.03. The average Bonchev–Trinajstić information content (AvgIpc) is 2.72. The zero-order valence-corrected chi connectivity index (χ0v) is 15.3. The molecule has 0 aromatic carbocycles. The van der Waals surface area contributed by atoms with Gasteiger partial charge in [-0.2, -0.15) is 5.26 Å². The van der Waals surface area contributed by atoms with E-state index in [2.05, 4.69) is 26.6 Å². The lowest BCUT2D eigenvalue weighted by molar-refractivity contribution is -0.131. The number of pyridine rings is 1. The highest BCUT2D eigenvalue weighted by atomic mass is 16.5. The highest BCUT2D eigenvalue weighted by Gasteiger charge is 2.49. The van der Waals surface area contributed by atoms with Gasteiger partial charge in [-0.1, -0.05) is 12.2 Å². The lowest BCUT2D eigenvalue weighted by atomic mass is 9.71. The molecule has 28 heavy (non-hydrogen) atoms. The van der Waals surface area contributed by atoms with E-state index in [9.17, 15) is 10.1 Å². The van der Waals surface area contributed by atoms with E-state index < -0.39 is 17.2 Å². The lowest BCUT2D eigenvalue weighted by Gasteiger charge is -2.51. The van der Waals surface area contributed by atoms with Gasteiger partial charge in [0, 0.05) is 11.6 Å². The zero-order chi connectivity index (χ0) is 19.8. The second kappa shape index (κ2) is 6.73. The van der Waals surface area contributed by atoms with E-state index in [1.165, 1.54) is 7.11 Å². The molecule has 3 aliphatic rings. The molecule has 2 saturated heterocycles. The molecule has 0 radical (unpaired) electrons.